The van der Waals surface area contributed by atoms with E-state index in [0.29, 0.717) is 0 Å². The van der Waals surface area contributed by atoms with E-state index in [4.69, 9.17) is 8.83 Å². The van der Waals surface area contributed by atoms with Gasteiger partial charge in [-0.25, -0.2) is 0 Å². The molecule has 6 heterocycles. The van der Waals surface area contributed by atoms with Crippen LogP contribution in [0.25, 0.3) is 162 Å². The highest BCUT2D eigenvalue weighted by atomic mass is 32.1. The van der Waals surface area contributed by atoms with E-state index in [2.05, 4.69) is 264 Å². The first-order valence-corrected chi connectivity index (χ1v) is 29.4. The summed E-state index contributed by atoms with van der Waals surface area (Å²) in [7, 11) is 0. The summed E-state index contributed by atoms with van der Waals surface area (Å²) in [6.45, 7) is 0. The van der Waals surface area contributed by atoms with Gasteiger partial charge >= 0.3 is 0 Å². The third-order valence-electron chi connectivity index (χ3n) is 16.5. The summed E-state index contributed by atoms with van der Waals surface area (Å²) in [5.41, 5.74) is 20.7. The molecular weight excluding hydrogens is 1040 g/mol. The van der Waals surface area contributed by atoms with Crippen LogP contribution in [0.4, 0.5) is 0 Å². The van der Waals surface area contributed by atoms with Crippen molar-refractivity contribution in [1.82, 2.24) is 9.13 Å². The van der Waals surface area contributed by atoms with Crippen LogP contribution in [-0.2, 0) is 0 Å². The minimum absolute atomic E-state index is 0.923. The van der Waals surface area contributed by atoms with Gasteiger partial charge in [0.15, 0.2) is 0 Å². The van der Waals surface area contributed by atoms with Gasteiger partial charge in [0.05, 0.1) is 31.5 Å². The van der Waals surface area contributed by atoms with E-state index >= 15 is 0 Å². The lowest BCUT2D eigenvalue weighted by molar-refractivity contribution is 0.669. The minimum Gasteiger partial charge on any atom is -0.456 e. The first kappa shape index (κ1) is 46.7. The number of thiophene rings is 2. The van der Waals surface area contributed by atoms with Crippen LogP contribution in [0.15, 0.2) is 288 Å². The van der Waals surface area contributed by atoms with E-state index in [9.17, 15) is 0 Å². The molecule has 0 aliphatic heterocycles. The predicted octanol–water partition coefficient (Wildman–Crippen LogP) is 22.5. The van der Waals surface area contributed by atoms with Crippen molar-refractivity contribution in [1.29, 1.82) is 0 Å². The van der Waals surface area contributed by atoms with Crippen molar-refractivity contribution in [2.24, 2.45) is 0 Å². The van der Waals surface area contributed by atoms with Crippen LogP contribution in [0, 0.1) is 0 Å². The van der Waals surface area contributed by atoms with E-state index < -0.39 is 0 Å². The summed E-state index contributed by atoms with van der Waals surface area (Å²) in [5.74, 6) is 0. The Morgan fingerprint density at radius 1 is 0.268 bits per heavy atom. The molecule has 0 unspecified atom stereocenters. The molecule has 0 aliphatic carbocycles. The maximum atomic E-state index is 6.33. The monoisotopic (exact) mass is 1080 g/mol. The fraction of sp³-hybridized carbons (Fsp3) is 0. The molecule has 0 bridgehead atoms. The van der Waals surface area contributed by atoms with Crippen LogP contribution < -0.4 is 0 Å². The molecule has 18 aromatic rings. The second-order valence-electron chi connectivity index (χ2n) is 21.0. The summed E-state index contributed by atoms with van der Waals surface area (Å²) < 4.78 is 22.6. The predicted molar refractivity (Wildman–Crippen MR) is 349 cm³/mol. The van der Waals surface area contributed by atoms with Gasteiger partial charge in [-0.3, -0.25) is 0 Å². The first-order valence-electron chi connectivity index (χ1n) is 27.7. The normalized spacial score (nSPS) is 11.9. The molecular formula is C76H46N2O2S2. The summed E-state index contributed by atoms with van der Waals surface area (Å²) in [4.78, 5) is 0. The Morgan fingerprint density at radius 3 is 1.23 bits per heavy atom. The number of furan rings is 2. The van der Waals surface area contributed by atoms with Crippen molar-refractivity contribution in [3.8, 4) is 55.9 Å². The molecule has 0 saturated carbocycles. The van der Waals surface area contributed by atoms with Gasteiger partial charge in [0.1, 0.15) is 22.3 Å². The van der Waals surface area contributed by atoms with Crippen LogP contribution in [0.3, 0.4) is 0 Å². The molecule has 6 aromatic heterocycles. The Labute approximate surface area is 478 Å². The van der Waals surface area contributed by atoms with Crippen molar-refractivity contribution in [2.45, 2.75) is 0 Å². The number of nitrogens with zero attached hydrogens (tertiary/aromatic N) is 2. The van der Waals surface area contributed by atoms with Crippen molar-refractivity contribution in [3.05, 3.63) is 279 Å². The molecule has 0 atom stereocenters. The lowest BCUT2D eigenvalue weighted by atomic mass is 9.97. The lowest BCUT2D eigenvalue weighted by Gasteiger charge is -2.11. The summed E-state index contributed by atoms with van der Waals surface area (Å²) in [5, 5.41) is 9.84. The van der Waals surface area contributed by atoms with Crippen molar-refractivity contribution < 1.29 is 8.83 Å². The second kappa shape index (κ2) is 18.7. The highest BCUT2D eigenvalue weighted by molar-refractivity contribution is 7.27. The van der Waals surface area contributed by atoms with Crippen LogP contribution in [0.5, 0.6) is 0 Å². The molecule has 6 heteroatoms. The Morgan fingerprint density at radius 2 is 0.671 bits per heavy atom. The Kier molecular flexibility index (Phi) is 10.6. The maximum Gasteiger partial charge on any atom is 0.143 e. The maximum absolute atomic E-state index is 6.33. The summed E-state index contributed by atoms with van der Waals surface area (Å²) in [6.07, 6.45) is 0. The highest BCUT2D eigenvalue weighted by Crippen LogP contribution is 2.48. The molecule has 0 aliphatic rings. The summed E-state index contributed by atoms with van der Waals surface area (Å²) in [6, 6.07) is 99.7. The molecule has 18 rings (SSSR count). The van der Waals surface area contributed by atoms with Gasteiger partial charge in [-0.05, 0) is 112 Å². The summed E-state index contributed by atoms with van der Waals surface area (Å²) >= 11 is 3.77. The molecule has 0 N–H and O–H groups in total. The van der Waals surface area contributed by atoms with Gasteiger partial charge in [-0.15, -0.1) is 22.7 Å². The standard InChI is InChI=1S/2C38H23NOS/c1-2-10-26(11-3-1)39-32-17-6-4-13-31(32)38-36(39)35-27(14-9-19-34(35)41-38)24-20-22-25(23-21-24)28-15-8-16-30-29-12-5-7-18-33(29)40-37(28)30;1-2-9-27(10-3-1)39-32-14-6-4-12-31(32)38-37(39)36-28(13-8-16-35(36)41-38)25-19-17-24(18-20-25)26-21-22-30-29-11-5-7-15-33(29)40-34(30)23-26/h2*1-23H. The van der Waals surface area contributed by atoms with E-state index in [0.717, 1.165) is 60.6 Å². The van der Waals surface area contributed by atoms with Gasteiger partial charge in [-0.2, -0.15) is 0 Å². The molecule has 0 fully saturated rings. The number of rotatable bonds is 6. The average Bonchev–Trinajstić information content (AvgIpc) is 3.14. The van der Waals surface area contributed by atoms with Crippen molar-refractivity contribution in [2.75, 3.05) is 0 Å². The highest BCUT2D eigenvalue weighted by Gasteiger charge is 2.23. The Hall–Kier alpha value is -10.2. The van der Waals surface area contributed by atoms with Crippen LogP contribution in [-0.4, -0.2) is 9.13 Å². The fourth-order valence-corrected chi connectivity index (χ4v) is 15.2. The minimum atomic E-state index is 0.923. The van der Waals surface area contributed by atoms with Gasteiger partial charge < -0.3 is 18.0 Å². The Bertz CT molecular complexity index is 5500. The smallest absolute Gasteiger partial charge is 0.143 e. The zero-order chi connectivity index (χ0) is 53.8. The number of para-hydroxylation sites is 7. The van der Waals surface area contributed by atoms with E-state index in [-0.39, 0.29) is 0 Å². The number of fused-ring (bicyclic) bond motifs is 16. The van der Waals surface area contributed by atoms with Gasteiger partial charge in [0, 0.05) is 69.4 Å². The first-order chi connectivity index (χ1) is 40.7. The molecule has 0 amide bonds. The van der Waals surface area contributed by atoms with Gasteiger partial charge in [0.2, 0.25) is 0 Å². The molecule has 0 radical (unpaired) electrons. The lowest BCUT2D eigenvalue weighted by Crippen LogP contribution is -1.93. The van der Waals surface area contributed by atoms with Crippen molar-refractivity contribution >= 4 is 129 Å². The third kappa shape index (κ3) is 7.29. The number of aromatic nitrogens is 2. The molecule has 0 saturated heterocycles. The van der Waals surface area contributed by atoms with E-state index in [1.807, 2.05) is 46.9 Å². The van der Waals surface area contributed by atoms with Crippen LogP contribution in [0.2, 0.25) is 0 Å². The van der Waals surface area contributed by atoms with Crippen LogP contribution >= 0.6 is 22.7 Å². The number of hydrogen-bond donors (Lipinski definition) is 0. The zero-order valence-corrected chi connectivity index (χ0v) is 45.7. The average molecular weight is 1080 g/mol. The third-order valence-corrected chi connectivity index (χ3v) is 18.8. The van der Waals surface area contributed by atoms with Gasteiger partial charge in [0.25, 0.3) is 0 Å². The topological polar surface area (TPSA) is 36.1 Å². The molecule has 4 nitrogen and oxygen atoms in total. The molecule has 82 heavy (non-hydrogen) atoms. The SMILES string of the molecule is c1ccc(-n2c3ccccc3c3sc4cccc(-c5ccc(-c6ccc7c(c6)oc6ccccc67)cc5)c4c32)cc1.c1ccc(-n2c3ccccc3c3sc4cccc(-c5ccc(-c6cccc7c6oc6ccccc67)cc5)c4c32)cc1. The Balaban J connectivity index is 0.000000130. The largest absolute Gasteiger partial charge is 0.456 e. The van der Waals surface area contributed by atoms with E-state index in [1.165, 1.54) is 102 Å². The molecule has 12 aromatic carbocycles. The zero-order valence-electron chi connectivity index (χ0n) is 44.1. The number of benzene rings is 12. The second-order valence-corrected chi connectivity index (χ2v) is 23.1. The fourth-order valence-electron chi connectivity index (χ4n) is 12.7. The van der Waals surface area contributed by atoms with Crippen LogP contribution in [0.1, 0.15) is 0 Å². The number of hydrogen-bond acceptors (Lipinski definition) is 4. The molecule has 0 spiro atoms. The van der Waals surface area contributed by atoms with E-state index in [1.54, 1.807) is 0 Å². The molecule has 384 valence electrons. The van der Waals surface area contributed by atoms with Gasteiger partial charge in [-0.1, -0.05) is 206 Å². The quantitative estimate of drug-likeness (QED) is 0.166. The van der Waals surface area contributed by atoms with Crippen molar-refractivity contribution in [3.63, 3.8) is 0 Å².